The first kappa shape index (κ1) is 27.1. The van der Waals surface area contributed by atoms with Crippen LogP contribution in [0.2, 0.25) is 0 Å². The maximum Gasteiger partial charge on any atom is 0.338 e. The maximum absolute atomic E-state index is 14.2. The van der Waals surface area contributed by atoms with Crippen LogP contribution in [0.25, 0.3) is 5.57 Å². The van der Waals surface area contributed by atoms with Crippen LogP contribution >= 0.6 is 27.3 Å². The summed E-state index contributed by atoms with van der Waals surface area (Å²) in [5, 5.41) is 0. The van der Waals surface area contributed by atoms with Gasteiger partial charge in [-0.25, -0.2) is 9.79 Å². The van der Waals surface area contributed by atoms with E-state index in [1.54, 1.807) is 25.0 Å². The number of esters is 1. The van der Waals surface area contributed by atoms with Gasteiger partial charge < -0.3 is 14.4 Å². The molecule has 0 saturated carbocycles. The topological polar surface area (TPSA) is 90.2 Å². The van der Waals surface area contributed by atoms with Gasteiger partial charge >= 0.3 is 5.97 Å². The van der Waals surface area contributed by atoms with Gasteiger partial charge in [-0.05, 0) is 60.0 Å². The first-order valence-electron chi connectivity index (χ1n) is 12.8. The fraction of sp³-hybridized carbons (Fsp3) is 0.310. The van der Waals surface area contributed by atoms with Gasteiger partial charge in [0.1, 0.15) is 10.3 Å². The van der Waals surface area contributed by atoms with E-state index in [2.05, 4.69) is 15.9 Å². The molecule has 39 heavy (non-hydrogen) atoms. The summed E-state index contributed by atoms with van der Waals surface area (Å²) < 4.78 is 13.4. The van der Waals surface area contributed by atoms with E-state index in [0.29, 0.717) is 54.9 Å². The molecule has 0 radical (unpaired) electrons. The molecule has 0 spiro atoms. The van der Waals surface area contributed by atoms with Gasteiger partial charge in [0.15, 0.2) is 4.80 Å². The van der Waals surface area contributed by atoms with E-state index in [0.717, 1.165) is 17.7 Å². The van der Waals surface area contributed by atoms with Gasteiger partial charge in [0, 0.05) is 12.1 Å². The number of para-hydroxylation sites is 1. The molecule has 5 rings (SSSR count). The van der Waals surface area contributed by atoms with Gasteiger partial charge in [0.25, 0.3) is 11.5 Å². The van der Waals surface area contributed by atoms with E-state index in [4.69, 9.17) is 14.5 Å². The molecule has 1 atom stereocenters. The van der Waals surface area contributed by atoms with E-state index in [-0.39, 0.29) is 18.1 Å². The zero-order chi connectivity index (χ0) is 27.8. The lowest BCUT2D eigenvalue weighted by Gasteiger charge is -2.26. The summed E-state index contributed by atoms with van der Waals surface area (Å²) in [4.78, 5) is 48.1. The molecule has 1 aromatic heterocycles. The zero-order valence-corrected chi connectivity index (χ0v) is 24.5. The number of anilines is 1. The molecule has 1 amide bonds. The second-order valence-electron chi connectivity index (χ2n) is 9.07. The molecule has 2 aliphatic rings. The van der Waals surface area contributed by atoms with Gasteiger partial charge in [-0.1, -0.05) is 48.9 Å². The molecule has 0 bridgehead atoms. The molecule has 202 valence electrons. The van der Waals surface area contributed by atoms with Crippen LogP contribution in [0.1, 0.15) is 50.8 Å². The summed E-state index contributed by atoms with van der Waals surface area (Å²) in [5.41, 5.74) is 3.09. The Labute approximate surface area is 238 Å². The van der Waals surface area contributed by atoms with Crippen LogP contribution in [-0.4, -0.2) is 36.7 Å². The number of hydrogen-bond acceptors (Lipinski definition) is 7. The Balaban J connectivity index is 1.85. The number of aromatic nitrogens is 1. The highest BCUT2D eigenvalue weighted by Crippen LogP contribution is 2.37. The van der Waals surface area contributed by atoms with E-state index in [9.17, 15) is 14.4 Å². The number of amides is 1. The third-order valence-electron chi connectivity index (χ3n) is 6.83. The number of likely N-dealkylation sites (N-methyl/N-ethyl adjacent to an activating group) is 1. The quantitative estimate of drug-likeness (QED) is 0.376. The smallest absolute Gasteiger partial charge is 0.338 e. The largest absolute Gasteiger partial charge is 0.496 e. The molecule has 2 aromatic carbocycles. The number of thiazole rings is 1. The highest BCUT2D eigenvalue weighted by Gasteiger charge is 2.37. The van der Waals surface area contributed by atoms with Crippen molar-refractivity contribution in [2.45, 2.75) is 39.7 Å². The second-order valence-corrected chi connectivity index (χ2v) is 10.9. The molecule has 8 nitrogen and oxygen atoms in total. The van der Waals surface area contributed by atoms with Crippen molar-refractivity contribution in [2.24, 2.45) is 4.99 Å². The van der Waals surface area contributed by atoms with Gasteiger partial charge in [0.05, 0.1) is 46.8 Å². The average molecular weight is 611 g/mol. The number of carbonyl (C=O) groups is 2. The lowest BCUT2D eigenvalue weighted by Crippen LogP contribution is -2.41. The van der Waals surface area contributed by atoms with E-state index >= 15 is 0 Å². The van der Waals surface area contributed by atoms with Crippen LogP contribution in [-0.2, 0) is 14.3 Å². The van der Waals surface area contributed by atoms with E-state index < -0.39 is 12.0 Å². The lowest BCUT2D eigenvalue weighted by atomic mass is 9.94. The zero-order valence-electron chi connectivity index (χ0n) is 22.1. The summed E-state index contributed by atoms with van der Waals surface area (Å²) in [6.45, 7) is 6.33. The van der Waals surface area contributed by atoms with E-state index in [1.807, 2.05) is 50.2 Å². The Morgan fingerprint density at radius 2 is 1.90 bits per heavy atom. The number of benzene rings is 2. The fourth-order valence-electron chi connectivity index (χ4n) is 5.15. The maximum atomic E-state index is 14.2. The predicted molar refractivity (Wildman–Crippen MR) is 154 cm³/mol. The van der Waals surface area contributed by atoms with Gasteiger partial charge in [0.2, 0.25) is 0 Å². The molecule has 0 aliphatic carbocycles. The first-order chi connectivity index (χ1) is 18.9. The summed E-state index contributed by atoms with van der Waals surface area (Å²) in [6.07, 6.45) is 1.28. The Bertz CT molecular complexity index is 1700. The number of methoxy groups -OCH3 is 1. The Kier molecular flexibility index (Phi) is 7.59. The summed E-state index contributed by atoms with van der Waals surface area (Å²) in [5.74, 6) is -0.109. The Hall–Kier alpha value is -3.50. The van der Waals surface area contributed by atoms with Crippen molar-refractivity contribution in [2.75, 3.05) is 25.2 Å². The van der Waals surface area contributed by atoms with Crippen molar-refractivity contribution in [3.8, 4) is 5.75 Å². The number of halogens is 1. The van der Waals surface area contributed by atoms with Crippen molar-refractivity contribution in [1.82, 2.24) is 4.57 Å². The number of nitrogens with zero attached hydrogens (tertiary/aromatic N) is 3. The van der Waals surface area contributed by atoms with Crippen molar-refractivity contribution in [3.05, 3.63) is 89.0 Å². The third-order valence-corrected chi connectivity index (χ3v) is 8.50. The highest BCUT2D eigenvalue weighted by atomic mass is 79.9. The number of rotatable bonds is 7. The van der Waals surface area contributed by atoms with Crippen LogP contribution in [0.5, 0.6) is 5.75 Å². The van der Waals surface area contributed by atoms with Crippen LogP contribution < -0.4 is 24.5 Å². The lowest BCUT2D eigenvalue weighted by molar-refractivity contribution is -0.139. The van der Waals surface area contributed by atoms with Crippen molar-refractivity contribution < 1.29 is 19.1 Å². The summed E-state index contributed by atoms with van der Waals surface area (Å²) in [6, 6.07) is 12.2. The standard InChI is InChI=1S/C29H28BrN3O5S/c1-5-10-19-23(28(36)38-7-3)24(16-13-14-21(37-4)18(30)15-16)33-27(35)25(39-29(33)31-19)22-17-11-8-9-12-20(17)32(6-2)26(22)34/h8-9,11-15,24H,5-7,10H2,1-4H3/b25-22+/t24-/m0/s1. The van der Waals surface area contributed by atoms with Crippen LogP contribution in [0.4, 0.5) is 5.69 Å². The summed E-state index contributed by atoms with van der Waals surface area (Å²) in [7, 11) is 1.57. The van der Waals surface area contributed by atoms with Crippen molar-refractivity contribution in [1.29, 1.82) is 0 Å². The predicted octanol–water partition coefficient (Wildman–Crippen LogP) is 4.09. The molecule has 0 N–H and O–H groups in total. The Morgan fingerprint density at radius 1 is 1.13 bits per heavy atom. The molecular weight excluding hydrogens is 582 g/mol. The minimum Gasteiger partial charge on any atom is -0.496 e. The van der Waals surface area contributed by atoms with Gasteiger partial charge in [-0.15, -0.1) is 0 Å². The van der Waals surface area contributed by atoms with Gasteiger partial charge in [-0.3, -0.25) is 14.2 Å². The molecular formula is C29H28BrN3O5S. The number of carbonyl (C=O) groups excluding carboxylic acids is 2. The monoisotopic (exact) mass is 609 g/mol. The highest BCUT2D eigenvalue weighted by molar-refractivity contribution is 9.10. The molecule has 10 heteroatoms. The number of ether oxygens (including phenoxy) is 2. The molecule has 3 aromatic rings. The molecule has 2 aliphatic heterocycles. The fourth-order valence-corrected chi connectivity index (χ4v) is 6.82. The number of fused-ring (bicyclic) bond motifs is 2. The molecule has 0 fully saturated rings. The van der Waals surface area contributed by atoms with Crippen LogP contribution in [0, 0.1) is 0 Å². The normalized spacial score (nSPS) is 17.6. The molecule has 0 saturated heterocycles. The minimum absolute atomic E-state index is 0.188. The van der Waals surface area contributed by atoms with Crippen molar-refractivity contribution in [3.63, 3.8) is 0 Å². The minimum atomic E-state index is -0.785. The van der Waals surface area contributed by atoms with Crippen molar-refractivity contribution >= 4 is 50.4 Å². The van der Waals surface area contributed by atoms with Crippen LogP contribution in [0.3, 0.4) is 0 Å². The van der Waals surface area contributed by atoms with Crippen LogP contribution in [0.15, 0.2) is 68.0 Å². The Morgan fingerprint density at radius 3 is 2.56 bits per heavy atom. The average Bonchev–Trinajstić information content (AvgIpc) is 3.40. The second kappa shape index (κ2) is 10.9. The number of allylic oxidation sites excluding steroid dienone is 1. The number of hydrogen-bond donors (Lipinski definition) is 0. The third kappa shape index (κ3) is 4.45. The molecule has 0 unspecified atom stereocenters. The summed E-state index contributed by atoms with van der Waals surface area (Å²) >= 11 is 4.73. The molecule has 3 heterocycles. The first-order valence-corrected chi connectivity index (χ1v) is 14.5. The van der Waals surface area contributed by atoms with Gasteiger partial charge in [-0.2, -0.15) is 0 Å². The van der Waals surface area contributed by atoms with E-state index in [1.165, 1.54) is 15.9 Å². The SMILES string of the molecule is CCCC1=C(C(=O)OCC)[C@H](c2ccc(OC)c(Br)c2)n2c(s/c(=C3/C(=O)N(CC)c4ccccc43)c2=O)=N1.